The van der Waals surface area contributed by atoms with Gasteiger partial charge in [0, 0.05) is 37.3 Å². The molecule has 36 heavy (non-hydrogen) atoms. The Balaban J connectivity index is 0.000000392. The van der Waals surface area contributed by atoms with Gasteiger partial charge in [0.05, 0.1) is 7.11 Å². The number of nitrogens with zero attached hydrogens (tertiary/aromatic N) is 2. The second-order valence-electron chi connectivity index (χ2n) is 8.84. The molecule has 0 unspecified atom stereocenters. The van der Waals surface area contributed by atoms with Gasteiger partial charge in [-0.15, -0.1) is 0 Å². The molecule has 2 aromatic rings. The summed E-state index contributed by atoms with van der Waals surface area (Å²) in [6.45, 7) is 4.46. The Hall–Kier alpha value is -3.72. The zero-order valence-corrected chi connectivity index (χ0v) is 20.2. The standard InChI is InChI=1S/C23H27FN2O2.C4H4O4/c1-28-22-5-3-2-4-18(22)10-13-25-11-8-17(9-12-25)15-26-16-19-14-20(24)6-7-21(19)23(26)27;5-3(6)1-2-4(7)8/h2-7,14,17H,8-13,15-16H2,1H3;1-2H,(H,5,6)(H,7,8). The summed E-state index contributed by atoms with van der Waals surface area (Å²) in [5, 5.41) is 15.6. The summed E-state index contributed by atoms with van der Waals surface area (Å²) >= 11 is 0. The zero-order valence-electron chi connectivity index (χ0n) is 20.2. The van der Waals surface area contributed by atoms with Crippen molar-refractivity contribution in [1.82, 2.24) is 9.80 Å². The normalized spacial score (nSPS) is 15.9. The summed E-state index contributed by atoms with van der Waals surface area (Å²) in [6.07, 6.45) is 4.30. The van der Waals surface area contributed by atoms with Crippen molar-refractivity contribution in [2.75, 3.05) is 33.3 Å². The van der Waals surface area contributed by atoms with Gasteiger partial charge < -0.3 is 24.7 Å². The van der Waals surface area contributed by atoms with Crippen molar-refractivity contribution >= 4 is 17.8 Å². The van der Waals surface area contributed by atoms with Crippen LogP contribution in [0, 0.1) is 11.7 Å². The molecule has 192 valence electrons. The number of carboxylic acids is 2. The maximum Gasteiger partial charge on any atom is 0.328 e. The van der Waals surface area contributed by atoms with Crippen LogP contribution in [0.3, 0.4) is 0 Å². The van der Waals surface area contributed by atoms with E-state index in [0.29, 0.717) is 30.2 Å². The van der Waals surface area contributed by atoms with Gasteiger partial charge in [0.2, 0.25) is 0 Å². The zero-order chi connectivity index (χ0) is 26.1. The molecule has 1 fully saturated rings. The first-order chi connectivity index (χ1) is 17.3. The van der Waals surface area contributed by atoms with Crippen LogP contribution >= 0.6 is 0 Å². The van der Waals surface area contributed by atoms with Crippen LogP contribution in [-0.4, -0.2) is 71.1 Å². The van der Waals surface area contributed by atoms with Crippen molar-refractivity contribution in [2.45, 2.75) is 25.8 Å². The Bertz CT molecular complexity index is 1100. The summed E-state index contributed by atoms with van der Waals surface area (Å²) in [4.78, 5) is 36.0. The summed E-state index contributed by atoms with van der Waals surface area (Å²) in [7, 11) is 1.72. The number of likely N-dealkylation sites (tertiary alicyclic amines) is 1. The van der Waals surface area contributed by atoms with Gasteiger partial charge in [-0.3, -0.25) is 4.79 Å². The van der Waals surface area contributed by atoms with Gasteiger partial charge in [-0.2, -0.15) is 0 Å². The first-order valence-electron chi connectivity index (χ1n) is 11.8. The first-order valence-corrected chi connectivity index (χ1v) is 11.8. The lowest BCUT2D eigenvalue weighted by atomic mass is 9.96. The number of halogens is 1. The molecule has 0 atom stereocenters. The van der Waals surface area contributed by atoms with E-state index in [1.165, 1.54) is 17.7 Å². The summed E-state index contributed by atoms with van der Waals surface area (Å²) in [6, 6.07) is 12.7. The quantitative estimate of drug-likeness (QED) is 0.537. The van der Waals surface area contributed by atoms with E-state index < -0.39 is 11.9 Å². The number of hydrogen-bond acceptors (Lipinski definition) is 5. The minimum Gasteiger partial charge on any atom is -0.496 e. The Kier molecular flexibility index (Phi) is 9.58. The van der Waals surface area contributed by atoms with Crippen molar-refractivity contribution in [3.63, 3.8) is 0 Å². The van der Waals surface area contributed by atoms with Crippen LogP contribution in [0.1, 0.15) is 34.3 Å². The molecule has 0 spiro atoms. The first kappa shape index (κ1) is 26.9. The highest BCUT2D eigenvalue weighted by molar-refractivity contribution is 5.98. The van der Waals surface area contributed by atoms with Gasteiger partial charge in [0.15, 0.2) is 0 Å². The Morgan fingerprint density at radius 3 is 2.39 bits per heavy atom. The van der Waals surface area contributed by atoms with E-state index in [4.69, 9.17) is 14.9 Å². The second kappa shape index (κ2) is 12.8. The molecule has 2 aliphatic rings. The van der Waals surface area contributed by atoms with Gasteiger partial charge in [-0.05, 0) is 73.7 Å². The van der Waals surface area contributed by atoms with E-state index in [0.717, 1.165) is 56.8 Å². The van der Waals surface area contributed by atoms with Crippen molar-refractivity contribution in [3.05, 3.63) is 77.1 Å². The molecule has 2 aliphatic heterocycles. The number of piperidine rings is 1. The number of benzene rings is 2. The van der Waals surface area contributed by atoms with Crippen molar-refractivity contribution in [2.24, 2.45) is 5.92 Å². The van der Waals surface area contributed by atoms with E-state index in [9.17, 15) is 18.8 Å². The number of carbonyl (C=O) groups is 3. The maximum atomic E-state index is 13.4. The van der Waals surface area contributed by atoms with Crippen LogP contribution < -0.4 is 4.74 Å². The van der Waals surface area contributed by atoms with Crippen molar-refractivity contribution in [3.8, 4) is 5.75 Å². The SMILES string of the molecule is COc1ccccc1CCN1CCC(CN2Cc3cc(F)ccc3C2=O)CC1.O=C(O)C=CC(=O)O. The number of carbonyl (C=O) groups excluding carboxylic acids is 1. The van der Waals surface area contributed by atoms with E-state index in [2.05, 4.69) is 17.0 Å². The molecule has 0 aromatic heterocycles. The predicted molar refractivity (Wildman–Crippen MR) is 131 cm³/mol. The second-order valence-corrected chi connectivity index (χ2v) is 8.84. The number of fused-ring (bicyclic) bond motifs is 1. The van der Waals surface area contributed by atoms with E-state index in [-0.39, 0.29) is 11.7 Å². The molecule has 0 saturated carbocycles. The number of hydrogen-bond donors (Lipinski definition) is 2. The minimum absolute atomic E-state index is 0.0496. The van der Waals surface area contributed by atoms with Crippen LogP contribution in [-0.2, 0) is 22.6 Å². The minimum atomic E-state index is -1.26. The smallest absolute Gasteiger partial charge is 0.328 e. The number of rotatable bonds is 8. The molecule has 0 aliphatic carbocycles. The average molecular weight is 499 g/mol. The molecule has 1 amide bonds. The lowest BCUT2D eigenvalue weighted by Gasteiger charge is -2.34. The molecule has 4 rings (SSSR count). The third-order valence-electron chi connectivity index (χ3n) is 6.39. The fourth-order valence-corrected chi connectivity index (χ4v) is 4.53. The molecule has 9 heteroatoms. The van der Waals surface area contributed by atoms with Crippen LogP contribution in [0.2, 0.25) is 0 Å². The summed E-state index contributed by atoms with van der Waals surface area (Å²) in [5.41, 5.74) is 2.73. The number of aliphatic carboxylic acids is 2. The molecule has 8 nitrogen and oxygen atoms in total. The Morgan fingerprint density at radius 1 is 1.08 bits per heavy atom. The van der Waals surface area contributed by atoms with Crippen LogP contribution in [0.4, 0.5) is 4.39 Å². The number of methoxy groups -OCH3 is 1. The van der Waals surface area contributed by atoms with Gasteiger partial charge in [-0.25, -0.2) is 14.0 Å². The van der Waals surface area contributed by atoms with Gasteiger partial charge >= 0.3 is 11.9 Å². The van der Waals surface area contributed by atoms with Crippen molar-refractivity contribution < 1.29 is 33.7 Å². The Labute approximate surface area is 209 Å². The third kappa shape index (κ3) is 7.64. The molecular weight excluding hydrogens is 467 g/mol. The maximum absolute atomic E-state index is 13.4. The van der Waals surface area contributed by atoms with Gasteiger partial charge in [0.1, 0.15) is 11.6 Å². The predicted octanol–water partition coefficient (Wildman–Crippen LogP) is 3.46. The highest BCUT2D eigenvalue weighted by atomic mass is 19.1. The van der Waals surface area contributed by atoms with E-state index in [1.54, 1.807) is 13.2 Å². The summed E-state index contributed by atoms with van der Waals surface area (Å²) in [5.74, 6) is -1.25. The fraction of sp³-hybridized carbons (Fsp3) is 0.370. The third-order valence-corrected chi connectivity index (χ3v) is 6.39. The van der Waals surface area contributed by atoms with Gasteiger partial charge in [-0.1, -0.05) is 18.2 Å². The summed E-state index contributed by atoms with van der Waals surface area (Å²) < 4.78 is 18.9. The van der Waals surface area contributed by atoms with E-state index in [1.807, 2.05) is 17.0 Å². The molecule has 2 heterocycles. The highest BCUT2D eigenvalue weighted by Crippen LogP contribution is 2.27. The van der Waals surface area contributed by atoms with E-state index >= 15 is 0 Å². The lowest BCUT2D eigenvalue weighted by molar-refractivity contribution is -0.134. The fourth-order valence-electron chi connectivity index (χ4n) is 4.53. The van der Waals surface area contributed by atoms with Gasteiger partial charge in [0.25, 0.3) is 5.91 Å². The molecule has 2 N–H and O–H groups in total. The van der Waals surface area contributed by atoms with Crippen LogP contribution in [0.15, 0.2) is 54.6 Å². The molecule has 0 bridgehead atoms. The number of ether oxygens (including phenoxy) is 1. The van der Waals surface area contributed by atoms with Crippen molar-refractivity contribution in [1.29, 1.82) is 0 Å². The highest BCUT2D eigenvalue weighted by Gasteiger charge is 2.30. The largest absolute Gasteiger partial charge is 0.496 e. The average Bonchev–Trinajstić information content (AvgIpc) is 3.16. The molecule has 0 radical (unpaired) electrons. The number of carboxylic acid groups (broad SMARTS) is 2. The van der Waals surface area contributed by atoms with Crippen LogP contribution in [0.25, 0.3) is 0 Å². The molecule has 2 aromatic carbocycles. The lowest BCUT2D eigenvalue weighted by Crippen LogP contribution is -2.39. The van der Waals surface area contributed by atoms with Crippen LogP contribution in [0.5, 0.6) is 5.75 Å². The molecule has 1 saturated heterocycles. The number of amides is 1. The monoisotopic (exact) mass is 498 g/mol. The molecular formula is C27H31FN2O6. The Morgan fingerprint density at radius 2 is 1.75 bits per heavy atom. The number of para-hydroxylation sites is 1. The topological polar surface area (TPSA) is 107 Å².